The van der Waals surface area contributed by atoms with Gasteiger partial charge < -0.3 is 25.0 Å². The van der Waals surface area contributed by atoms with Crippen LogP contribution in [0.4, 0.5) is 0 Å². The summed E-state index contributed by atoms with van der Waals surface area (Å²) in [6, 6.07) is 0. The van der Waals surface area contributed by atoms with Crippen LogP contribution < -0.4 is 0 Å². The Morgan fingerprint density at radius 3 is 2.71 bits per heavy atom. The van der Waals surface area contributed by atoms with Crippen molar-refractivity contribution in [3.05, 3.63) is 18.2 Å². The zero-order chi connectivity index (χ0) is 10.1. The summed E-state index contributed by atoms with van der Waals surface area (Å²) in [5, 5.41) is 27.9. The molecule has 1 fully saturated rings. The van der Waals surface area contributed by atoms with Crippen molar-refractivity contribution in [1.29, 1.82) is 0 Å². The first-order chi connectivity index (χ1) is 6.74. The minimum Gasteiger partial charge on any atom is -0.394 e. The van der Waals surface area contributed by atoms with Gasteiger partial charge in [0.1, 0.15) is 30.2 Å². The van der Waals surface area contributed by atoms with Crippen LogP contribution in [0.15, 0.2) is 12.4 Å². The van der Waals surface area contributed by atoms with E-state index in [9.17, 15) is 10.2 Å². The van der Waals surface area contributed by atoms with Crippen LogP contribution in [-0.4, -0.2) is 50.2 Å². The molecule has 4 atom stereocenters. The molecule has 0 bridgehead atoms. The van der Waals surface area contributed by atoms with Crippen LogP contribution in [0, 0.1) is 0 Å². The van der Waals surface area contributed by atoms with Gasteiger partial charge in [-0.3, -0.25) is 0 Å². The maximum absolute atomic E-state index is 9.58. The van der Waals surface area contributed by atoms with E-state index in [-0.39, 0.29) is 6.61 Å². The van der Waals surface area contributed by atoms with Gasteiger partial charge in [0, 0.05) is 12.4 Å². The second-order valence-electron chi connectivity index (χ2n) is 3.23. The number of imidazole rings is 1. The first kappa shape index (κ1) is 9.60. The topological polar surface area (TPSA) is 98.6 Å². The maximum Gasteiger partial charge on any atom is 0.144 e. The third kappa shape index (κ3) is 1.42. The fourth-order valence-electron chi connectivity index (χ4n) is 1.56. The molecule has 6 nitrogen and oxygen atoms in total. The Morgan fingerprint density at radius 1 is 1.43 bits per heavy atom. The number of aliphatic hydroxyl groups excluding tert-OH is 3. The molecule has 1 aliphatic heterocycles. The molecule has 0 amide bonds. The number of hydrogen-bond donors (Lipinski definition) is 4. The van der Waals surface area contributed by atoms with Gasteiger partial charge in [-0.15, -0.1) is 0 Å². The molecule has 4 N–H and O–H groups in total. The van der Waals surface area contributed by atoms with Crippen molar-refractivity contribution in [2.75, 3.05) is 6.61 Å². The molecule has 0 saturated carbocycles. The minimum atomic E-state index is -1.07. The molecule has 0 aliphatic carbocycles. The van der Waals surface area contributed by atoms with E-state index in [0.717, 1.165) is 0 Å². The zero-order valence-electron chi connectivity index (χ0n) is 7.37. The number of aromatic amines is 1. The van der Waals surface area contributed by atoms with Gasteiger partial charge in [-0.05, 0) is 0 Å². The lowest BCUT2D eigenvalue weighted by Crippen LogP contribution is -2.32. The third-order valence-corrected chi connectivity index (χ3v) is 2.33. The van der Waals surface area contributed by atoms with Gasteiger partial charge in [0.15, 0.2) is 0 Å². The summed E-state index contributed by atoms with van der Waals surface area (Å²) in [5.41, 5.74) is 0. The number of hydrogen-bond acceptors (Lipinski definition) is 5. The molecule has 0 unspecified atom stereocenters. The zero-order valence-corrected chi connectivity index (χ0v) is 7.37. The molecule has 78 valence electrons. The van der Waals surface area contributed by atoms with E-state index in [2.05, 4.69) is 9.97 Å². The summed E-state index contributed by atoms with van der Waals surface area (Å²) in [4.78, 5) is 6.70. The van der Waals surface area contributed by atoms with E-state index in [4.69, 9.17) is 9.84 Å². The van der Waals surface area contributed by atoms with Crippen LogP contribution in [0.25, 0.3) is 0 Å². The number of nitrogens with zero attached hydrogens (tertiary/aromatic N) is 1. The average Bonchev–Trinajstić information content (AvgIpc) is 2.78. The van der Waals surface area contributed by atoms with Crippen molar-refractivity contribution in [1.82, 2.24) is 9.97 Å². The normalized spacial score (nSPS) is 37.6. The Morgan fingerprint density at radius 2 is 2.21 bits per heavy atom. The molecule has 1 aliphatic rings. The smallest absolute Gasteiger partial charge is 0.144 e. The van der Waals surface area contributed by atoms with E-state index in [0.29, 0.717) is 5.82 Å². The first-order valence-corrected chi connectivity index (χ1v) is 4.35. The number of aromatic nitrogens is 2. The highest BCUT2D eigenvalue weighted by Crippen LogP contribution is 2.31. The van der Waals surface area contributed by atoms with Crippen LogP contribution in [0.2, 0.25) is 0 Å². The molecule has 1 aromatic rings. The number of rotatable bonds is 2. The van der Waals surface area contributed by atoms with Crippen molar-refractivity contribution >= 4 is 0 Å². The summed E-state index contributed by atoms with van der Waals surface area (Å²) in [7, 11) is 0. The van der Waals surface area contributed by atoms with E-state index < -0.39 is 24.4 Å². The van der Waals surface area contributed by atoms with Gasteiger partial charge in [0.25, 0.3) is 0 Å². The van der Waals surface area contributed by atoms with Crippen molar-refractivity contribution in [2.24, 2.45) is 0 Å². The molecular weight excluding hydrogens is 188 g/mol. The highest BCUT2D eigenvalue weighted by atomic mass is 16.6. The minimum absolute atomic E-state index is 0.324. The lowest BCUT2D eigenvalue weighted by molar-refractivity contribution is -0.0250. The highest BCUT2D eigenvalue weighted by molar-refractivity contribution is 5.02. The molecule has 1 aromatic heterocycles. The number of aliphatic hydroxyl groups is 3. The molecule has 14 heavy (non-hydrogen) atoms. The summed E-state index contributed by atoms with van der Waals surface area (Å²) >= 11 is 0. The quantitative estimate of drug-likeness (QED) is 0.469. The third-order valence-electron chi connectivity index (χ3n) is 2.33. The second-order valence-corrected chi connectivity index (χ2v) is 3.23. The van der Waals surface area contributed by atoms with E-state index in [1.54, 1.807) is 6.20 Å². The van der Waals surface area contributed by atoms with Crippen LogP contribution in [0.3, 0.4) is 0 Å². The SMILES string of the molecule is OC[C@H]1O[C@@H](c2ncc[nH]2)[C@H](O)[C@@H]1O. The van der Waals surface area contributed by atoms with Crippen LogP contribution >= 0.6 is 0 Å². The van der Waals surface area contributed by atoms with E-state index in [1.807, 2.05) is 0 Å². The van der Waals surface area contributed by atoms with Crippen molar-refractivity contribution in [3.8, 4) is 0 Å². The fraction of sp³-hybridized carbons (Fsp3) is 0.625. The van der Waals surface area contributed by atoms with E-state index >= 15 is 0 Å². The summed E-state index contributed by atoms with van der Waals surface area (Å²) in [6.07, 6.45) is -0.445. The Kier molecular flexibility index (Phi) is 2.51. The van der Waals surface area contributed by atoms with Gasteiger partial charge in [-0.1, -0.05) is 0 Å². The Labute approximate surface area is 80.2 Å². The average molecular weight is 200 g/mol. The predicted molar refractivity (Wildman–Crippen MR) is 45.3 cm³/mol. The highest BCUT2D eigenvalue weighted by Gasteiger charge is 2.44. The number of H-pyrrole nitrogens is 1. The van der Waals surface area contributed by atoms with Crippen LogP contribution in [-0.2, 0) is 4.74 Å². The Balaban J connectivity index is 2.16. The van der Waals surface area contributed by atoms with Crippen LogP contribution in [0.5, 0.6) is 0 Å². The molecular formula is C8H12N2O4. The van der Waals surface area contributed by atoms with Gasteiger partial charge in [-0.2, -0.15) is 0 Å². The number of ether oxygens (including phenoxy) is 1. The Hall–Kier alpha value is -0.950. The molecule has 6 heteroatoms. The molecule has 1 saturated heterocycles. The van der Waals surface area contributed by atoms with E-state index in [1.165, 1.54) is 6.20 Å². The molecule has 2 rings (SSSR count). The van der Waals surface area contributed by atoms with Gasteiger partial charge in [0.05, 0.1) is 6.61 Å². The Bertz CT molecular complexity index is 290. The second kappa shape index (κ2) is 3.66. The standard InChI is InChI=1S/C8H12N2O4/c11-3-4-5(12)6(13)7(14-4)8-9-1-2-10-8/h1-2,4-7,11-13H,3H2,(H,9,10)/t4-,5-,6-,7-/m1/s1. The van der Waals surface area contributed by atoms with Gasteiger partial charge in [-0.25, -0.2) is 4.98 Å². The lowest BCUT2D eigenvalue weighted by Gasteiger charge is -2.11. The fourth-order valence-corrected chi connectivity index (χ4v) is 1.56. The maximum atomic E-state index is 9.58. The molecule has 0 radical (unpaired) electrons. The largest absolute Gasteiger partial charge is 0.394 e. The first-order valence-electron chi connectivity index (χ1n) is 4.35. The lowest BCUT2D eigenvalue weighted by atomic mass is 10.1. The summed E-state index contributed by atoms with van der Waals surface area (Å²) in [6.45, 7) is -0.324. The van der Waals surface area contributed by atoms with Crippen molar-refractivity contribution in [2.45, 2.75) is 24.4 Å². The molecule has 0 spiro atoms. The summed E-state index contributed by atoms with van der Waals surface area (Å²) in [5.74, 6) is 0.451. The van der Waals surface area contributed by atoms with Crippen LogP contribution in [0.1, 0.15) is 11.9 Å². The molecule has 0 aromatic carbocycles. The van der Waals surface area contributed by atoms with Crippen molar-refractivity contribution in [3.63, 3.8) is 0 Å². The summed E-state index contributed by atoms with van der Waals surface area (Å²) < 4.78 is 5.24. The van der Waals surface area contributed by atoms with Gasteiger partial charge >= 0.3 is 0 Å². The number of nitrogens with one attached hydrogen (secondary N) is 1. The molecule has 2 heterocycles. The monoisotopic (exact) mass is 200 g/mol. The predicted octanol–water partition coefficient (Wildman–Crippen LogP) is -1.44. The van der Waals surface area contributed by atoms with Crippen molar-refractivity contribution < 1.29 is 20.1 Å². The van der Waals surface area contributed by atoms with Gasteiger partial charge in [0.2, 0.25) is 0 Å².